The summed E-state index contributed by atoms with van der Waals surface area (Å²) < 4.78 is 34.1. The summed E-state index contributed by atoms with van der Waals surface area (Å²) in [6, 6.07) is 5.94. The number of rotatable bonds is 6. The average molecular weight is 410 g/mol. The number of para-hydroxylation sites is 1. The number of ether oxygens (including phenoxy) is 2. The zero-order chi connectivity index (χ0) is 21.1. The molecular formula is C18H18O9S. The van der Waals surface area contributed by atoms with Crippen molar-refractivity contribution in [3.63, 3.8) is 0 Å². The number of carbonyl (C=O) groups excluding carboxylic acids is 2. The van der Waals surface area contributed by atoms with Gasteiger partial charge in [-0.3, -0.25) is 0 Å². The van der Waals surface area contributed by atoms with Crippen LogP contribution >= 0.6 is 0 Å². The summed E-state index contributed by atoms with van der Waals surface area (Å²) >= 11 is 0. The summed E-state index contributed by atoms with van der Waals surface area (Å²) in [6.45, 7) is 0. The Morgan fingerprint density at radius 1 is 0.857 bits per heavy atom. The van der Waals surface area contributed by atoms with Crippen LogP contribution in [0.1, 0.15) is 31.8 Å². The van der Waals surface area contributed by atoms with Crippen LogP contribution in [0.4, 0.5) is 0 Å². The first-order valence-corrected chi connectivity index (χ1v) is 9.64. The second kappa shape index (κ2) is 8.17. The smallest absolute Gasteiger partial charge is 0.341 e. The Morgan fingerprint density at radius 3 is 2.00 bits per heavy atom. The lowest BCUT2D eigenvalue weighted by atomic mass is 10.1. The first-order valence-electron chi connectivity index (χ1n) is 7.82. The summed E-state index contributed by atoms with van der Waals surface area (Å²) in [5.41, 5.74) is -0.841. The fraction of sp³-hybridized carbons (Fsp3) is 0.222. The topological polar surface area (TPSA) is 147 Å². The lowest BCUT2D eigenvalue weighted by molar-refractivity contribution is 0.0587. The van der Waals surface area contributed by atoms with Gasteiger partial charge >= 0.3 is 11.9 Å². The van der Waals surface area contributed by atoms with Gasteiger partial charge < -0.3 is 24.8 Å². The molecular weight excluding hydrogens is 392 g/mol. The van der Waals surface area contributed by atoms with Gasteiger partial charge in [0, 0.05) is 11.1 Å². The largest absolute Gasteiger partial charge is 0.508 e. The standard InChI is InChI=1S/C18H18O9S/c1-26-17(22)13-5-3-4-10(15(13)20)8-28(24,25)9-11-6-12(19)7-14(16(11)21)18(23)27-2/h3-7,19-21H,8-9H2,1-2H3. The van der Waals surface area contributed by atoms with Crippen molar-refractivity contribution in [1.82, 2.24) is 0 Å². The van der Waals surface area contributed by atoms with Gasteiger partial charge in [-0.15, -0.1) is 0 Å². The predicted octanol–water partition coefficient (Wildman–Crippen LogP) is 1.49. The molecule has 28 heavy (non-hydrogen) atoms. The lowest BCUT2D eigenvalue weighted by Crippen LogP contribution is -2.11. The third-order valence-electron chi connectivity index (χ3n) is 3.85. The second-order valence-corrected chi connectivity index (χ2v) is 7.89. The average Bonchev–Trinajstić information content (AvgIpc) is 2.64. The van der Waals surface area contributed by atoms with Crippen molar-refractivity contribution in [2.75, 3.05) is 14.2 Å². The Hall–Kier alpha value is -3.27. The van der Waals surface area contributed by atoms with E-state index in [9.17, 15) is 33.3 Å². The van der Waals surface area contributed by atoms with E-state index < -0.39 is 50.5 Å². The van der Waals surface area contributed by atoms with E-state index in [2.05, 4.69) is 9.47 Å². The SMILES string of the molecule is COC(=O)c1cccc(CS(=O)(=O)Cc2cc(O)cc(C(=O)OC)c2O)c1O. The molecule has 2 rings (SSSR count). The molecule has 0 aliphatic heterocycles. The molecule has 0 unspecified atom stereocenters. The van der Waals surface area contributed by atoms with Crippen LogP contribution in [-0.2, 0) is 30.8 Å². The number of methoxy groups -OCH3 is 2. The minimum Gasteiger partial charge on any atom is -0.508 e. The van der Waals surface area contributed by atoms with Gasteiger partial charge in [0.25, 0.3) is 0 Å². The highest BCUT2D eigenvalue weighted by molar-refractivity contribution is 7.89. The van der Waals surface area contributed by atoms with Crippen LogP contribution in [0.5, 0.6) is 17.2 Å². The van der Waals surface area contributed by atoms with Crippen LogP contribution in [-0.4, -0.2) is 49.9 Å². The Morgan fingerprint density at radius 2 is 1.39 bits per heavy atom. The van der Waals surface area contributed by atoms with Crippen LogP contribution in [0, 0.1) is 0 Å². The molecule has 2 aromatic carbocycles. The summed E-state index contributed by atoms with van der Waals surface area (Å²) in [4.78, 5) is 23.3. The maximum atomic E-state index is 12.6. The van der Waals surface area contributed by atoms with Crippen molar-refractivity contribution >= 4 is 21.8 Å². The fourth-order valence-electron chi connectivity index (χ4n) is 2.56. The maximum Gasteiger partial charge on any atom is 0.341 e. The number of phenols is 3. The fourth-order valence-corrected chi connectivity index (χ4v) is 4.06. The number of benzene rings is 2. The van der Waals surface area contributed by atoms with E-state index in [-0.39, 0.29) is 22.3 Å². The number of carbonyl (C=O) groups is 2. The highest BCUT2D eigenvalue weighted by Crippen LogP contribution is 2.32. The van der Waals surface area contributed by atoms with E-state index in [1.165, 1.54) is 18.2 Å². The van der Waals surface area contributed by atoms with Gasteiger partial charge in [-0.05, 0) is 18.2 Å². The van der Waals surface area contributed by atoms with Crippen LogP contribution in [0.2, 0.25) is 0 Å². The van der Waals surface area contributed by atoms with E-state index in [4.69, 9.17) is 0 Å². The lowest BCUT2D eigenvalue weighted by Gasteiger charge is -2.12. The van der Waals surface area contributed by atoms with Crippen LogP contribution in [0.25, 0.3) is 0 Å². The first-order chi connectivity index (χ1) is 13.1. The van der Waals surface area contributed by atoms with Crippen molar-refractivity contribution < 1.29 is 42.8 Å². The molecule has 0 aromatic heterocycles. The number of hydrogen-bond acceptors (Lipinski definition) is 9. The predicted molar refractivity (Wildman–Crippen MR) is 96.9 cm³/mol. The van der Waals surface area contributed by atoms with Crippen molar-refractivity contribution in [3.05, 3.63) is 52.6 Å². The molecule has 10 heteroatoms. The minimum atomic E-state index is -3.98. The zero-order valence-corrected chi connectivity index (χ0v) is 15.8. The molecule has 0 aliphatic carbocycles. The molecule has 0 bridgehead atoms. The molecule has 0 spiro atoms. The van der Waals surface area contributed by atoms with Crippen molar-refractivity contribution in [1.29, 1.82) is 0 Å². The number of hydrogen-bond donors (Lipinski definition) is 3. The van der Waals surface area contributed by atoms with Gasteiger partial charge in [-0.2, -0.15) is 0 Å². The van der Waals surface area contributed by atoms with E-state index >= 15 is 0 Å². The summed E-state index contributed by atoms with van der Waals surface area (Å²) in [7, 11) is -1.79. The van der Waals surface area contributed by atoms with Gasteiger partial charge in [-0.25, -0.2) is 18.0 Å². The third-order valence-corrected chi connectivity index (χ3v) is 5.36. The number of esters is 2. The molecule has 2 aromatic rings. The summed E-state index contributed by atoms with van der Waals surface area (Å²) in [5.74, 6) is -4.78. The quantitative estimate of drug-likeness (QED) is 0.476. The second-order valence-electron chi connectivity index (χ2n) is 5.83. The molecule has 0 aliphatic rings. The monoisotopic (exact) mass is 410 g/mol. The molecule has 0 fully saturated rings. The Kier molecular flexibility index (Phi) is 6.14. The van der Waals surface area contributed by atoms with Crippen molar-refractivity contribution in [3.8, 4) is 17.2 Å². The minimum absolute atomic E-state index is 0.0456. The Labute approximate surface area is 160 Å². The van der Waals surface area contributed by atoms with E-state index in [0.29, 0.717) is 0 Å². The molecule has 0 atom stereocenters. The highest BCUT2D eigenvalue weighted by atomic mass is 32.2. The number of phenolic OH excluding ortho intramolecular Hbond substituents is 3. The van der Waals surface area contributed by atoms with Crippen LogP contribution < -0.4 is 0 Å². The van der Waals surface area contributed by atoms with Gasteiger partial charge in [0.2, 0.25) is 0 Å². The third kappa shape index (κ3) is 4.52. The van der Waals surface area contributed by atoms with E-state index in [1.54, 1.807) is 0 Å². The Bertz CT molecular complexity index is 1030. The van der Waals surface area contributed by atoms with Crippen molar-refractivity contribution in [2.24, 2.45) is 0 Å². The molecule has 0 saturated carbocycles. The molecule has 150 valence electrons. The van der Waals surface area contributed by atoms with Crippen LogP contribution in [0.3, 0.4) is 0 Å². The normalized spacial score (nSPS) is 11.1. The Balaban J connectivity index is 2.37. The molecule has 0 saturated heterocycles. The summed E-state index contributed by atoms with van der Waals surface area (Å²) in [6.07, 6.45) is 0. The summed E-state index contributed by atoms with van der Waals surface area (Å²) in [5, 5.41) is 30.0. The number of sulfone groups is 1. The van der Waals surface area contributed by atoms with Crippen LogP contribution in [0.15, 0.2) is 30.3 Å². The van der Waals surface area contributed by atoms with Crippen molar-refractivity contribution in [2.45, 2.75) is 11.5 Å². The molecule has 9 nitrogen and oxygen atoms in total. The highest BCUT2D eigenvalue weighted by Gasteiger charge is 2.24. The molecule has 0 amide bonds. The maximum absolute atomic E-state index is 12.6. The van der Waals surface area contributed by atoms with E-state index in [1.807, 2.05) is 0 Å². The van der Waals surface area contributed by atoms with Gasteiger partial charge in [-0.1, -0.05) is 12.1 Å². The first kappa shape index (κ1) is 21.0. The van der Waals surface area contributed by atoms with Gasteiger partial charge in [0.15, 0.2) is 9.84 Å². The molecule has 0 heterocycles. The zero-order valence-electron chi connectivity index (χ0n) is 15.0. The molecule has 0 radical (unpaired) electrons. The van der Waals surface area contributed by atoms with Gasteiger partial charge in [0.05, 0.1) is 25.7 Å². The molecule has 3 N–H and O–H groups in total. The van der Waals surface area contributed by atoms with E-state index in [0.717, 1.165) is 26.4 Å². The van der Waals surface area contributed by atoms with Gasteiger partial charge in [0.1, 0.15) is 28.4 Å². The number of aromatic hydroxyl groups is 3.